The van der Waals surface area contributed by atoms with Gasteiger partial charge in [0.15, 0.2) is 0 Å². The molecule has 0 aromatic heterocycles. The molecule has 0 unspecified atom stereocenters. The van der Waals surface area contributed by atoms with E-state index in [9.17, 15) is 14.4 Å². The summed E-state index contributed by atoms with van der Waals surface area (Å²) in [6.45, 7) is 6.63. The first-order chi connectivity index (χ1) is 15.2. The van der Waals surface area contributed by atoms with Gasteiger partial charge in [0.1, 0.15) is 11.6 Å². The molecule has 3 amide bonds. The van der Waals surface area contributed by atoms with E-state index < -0.39 is 17.7 Å². The highest BCUT2D eigenvalue weighted by molar-refractivity contribution is 6.03. The van der Waals surface area contributed by atoms with E-state index in [1.54, 1.807) is 11.0 Å². The Kier molecular flexibility index (Phi) is 6.26. The van der Waals surface area contributed by atoms with E-state index in [0.29, 0.717) is 25.4 Å². The van der Waals surface area contributed by atoms with Crippen LogP contribution in [0.1, 0.15) is 52.0 Å². The van der Waals surface area contributed by atoms with Crippen molar-refractivity contribution in [3.8, 4) is 0 Å². The number of rotatable bonds is 6. The van der Waals surface area contributed by atoms with Crippen LogP contribution in [0.4, 0.5) is 10.5 Å². The van der Waals surface area contributed by atoms with Crippen LogP contribution in [0.3, 0.4) is 0 Å². The lowest BCUT2D eigenvalue weighted by Crippen LogP contribution is -2.60. The number of carbonyl (C=O) groups is 3. The third-order valence-corrected chi connectivity index (χ3v) is 6.19. The van der Waals surface area contributed by atoms with Gasteiger partial charge in [0.05, 0.1) is 0 Å². The predicted molar refractivity (Wildman–Crippen MR) is 122 cm³/mol. The van der Waals surface area contributed by atoms with Gasteiger partial charge in [0.25, 0.3) is 5.91 Å². The Morgan fingerprint density at radius 2 is 1.91 bits per heavy atom. The van der Waals surface area contributed by atoms with Gasteiger partial charge in [-0.2, -0.15) is 0 Å². The molecule has 2 atom stereocenters. The predicted octanol–water partition coefficient (Wildman–Crippen LogP) is 3.43. The molecule has 0 bridgehead atoms. The molecule has 4 rings (SSSR count). The maximum absolute atomic E-state index is 12.9. The van der Waals surface area contributed by atoms with Crippen LogP contribution < -0.4 is 10.2 Å². The number of para-hydroxylation sites is 1. The molecule has 1 saturated carbocycles. The van der Waals surface area contributed by atoms with Crippen molar-refractivity contribution in [2.45, 2.75) is 70.6 Å². The summed E-state index contributed by atoms with van der Waals surface area (Å²) in [6, 6.07) is 7.22. The van der Waals surface area contributed by atoms with Crippen molar-refractivity contribution >= 4 is 23.6 Å². The van der Waals surface area contributed by atoms with Crippen LogP contribution in [0.2, 0.25) is 0 Å². The van der Waals surface area contributed by atoms with Crippen molar-refractivity contribution in [2.24, 2.45) is 5.92 Å². The van der Waals surface area contributed by atoms with Gasteiger partial charge in [0, 0.05) is 30.9 Å². The molecule has 1 aromatic carbocycles. The Morgan fingerprint density at radius 3 is 2.56 bits per heavy atom. The SMILES string of the molecule is CC(C)(C)OC(=O)N1CC[C@H]1C(=O)N[C@H](C=CC(=O)N1CCc2ccccc21)CC1CC1. The summed E-state index contributed by atoms with van der Waals surface area (Å²) in [4.78, 5) is 41.3. The highest BCUT2D eigenvalue weighted by atomic mass is 16.6. The second kappa shape index (κ2) is 8.96. The summed E-state index contributed by atoms with van der Waals surface area (Å²) in [5.74, 6) is 0.330. The highest BCUT2D eigenvalue weighted by Gasteiger charge is 2.40. The minimum atomic E-state index is -0.598. The van der Waals surface area contributed by atoms with Gasteiger partial charge in [0.2, 0.25) is 5.91 Å². The number of hydrogen-bond acceptors (Lipinski definition) is 4. The average Bonchev–Trinajstić information content (AvgIpc) is 3.38. The maximum Gasteiger partial charge on any atom is 0.410 e. The van der Waals surface area contributed by atoms with E-state index in [1.165, 1.54) is 10.5 Å². The van der Waals surface area contributed by atoms with Crippen molar-refractivity contribution < 1.29 is 19.1 Å². The Hall–Kier alpha value is -2.83. The number of fused-ring (bicyclic) bond motifs is 1. The molecular formula is C25H33N3O4. The zero-order valence-corrected chi connectivity index (χ0v) is 19.2. The molecule has 7 heteroatoms. The van der Waals surface area contributed by atoms with E-state index in [1.807, 2.05) is 45.0 Å². The van der Waals surface area contributed by atoms with Gasteiger partial charge in [-0.05, 0) is 57.6 Å². The van der Waals surface area contributed by atoms with Crippen LogP contribution in [0.15, 0.2) is 36.4 Å². The van der Waals surface area contributed by atoms with Gasteiger partial charge in [-0.1, -0.05) is 37.1 Å². The maximum atomic E-state index is 12.9. The number of hydrogen-bond donors (Lipinski definition) is 1. The second-order valence-corrected chi connectivity index (χ2v) is 10.0. The molecule has 7 nitrogen and oxygen atoms in total. The lowest BCUT2D eigenvalue weighted by atomic mass is 10.0. The summed E-state index contributed by atoms with van der Waals surface area (Å²) in [5.41, 5.74) is 1.55. The van der Waals surface area contributed by atoms with Crippen LogP contribution in [0.25, 0.3) is 0 Å². The normalized spacial score (nSPS) is 21.2. The fourth-order valence-corrected chi connectivity index (χ4v) is 4.23. The van der Waals surface area contributed by atoms with E-state index >= 15 is 0 Å². The molecule has 0 spiro atoms. The number of ether oxygens (including phenoxy) is 1. The van der Waals surface area contributed by atoms with Gasteiger partial charge >= 0.3 is 6.09 Å². The molecule has 1 saturated heterocycles. The van der Waals surface area contributed by atoms with Crippen molar-refractivity contribution in [2.75, 3.05) is 18.0 Å². The molecule has 2 aliphatic heterocycles. The summed E-state index contributed by atoms with van der Waals surface area (Å²) in [6.07, 6.45) is 7.54. The molecule has 3 aliphatic rings. The largest absolute Gasteiger partial charge is 0.444 e. The summed E-state index contributed by atoms with van der Waals surface area (Å²) in [7, 11) is 0. The Morgan fingerprint density at radius 1 is 1.16 bits per heavy atom. The van der Waals surface area contributed by atoms with Crippen molar-refractivity contribution in [1.82, 2.24) is 10.2 Å². The van der Waals surface area contributed by atoms with Crippen LogP contribution >= 0.6 is 0 Å². The molecule has 2 fully saturated rings. The summed E-state index contributed by atoms with van der Waals surface area (Å²) in [5, 5.41) is 3.06. The summed E-state index contributed by atoms with van der Waals surface area (Å²) < 4.78 is 5.41. The fraction of sp³-hybridized carbons (Fsp3) is 0.560. The number of likely N-dealkylation sites (tertiary alicyclic amines) is 1. The highest BCUT2D eigenvalue weighted by Crippen LogP contribution is 2.34. The number of nitrogens with zero attached hydrogens (tertiary/aromatic N) is 2. The van der Waals surface area contributed by atoms with Crippen molar-refractivity contribution in [3.05, 3.63) is 42.0 Å². The second-order valence-electron chi connectivity index (χ2n) is 10.0. The molecular weight excluding hydrogens is 406 g/mol. The number of amides is 3. The van der Waals surface area contributed by atoms with Crippen LogP contribution in [0, 0.1) is 5.92 Å². The third-order valence-electron chi connectivity index (χ3n) is 6.19. The molecule has 172 valence electrons. The van der Waals surface area contributed by atoms with Crippen LogP contribution in [-0.4, -0.2) is 53.6 Å². The van der Waals surface area contributed by atoms with Crippen LogP contribution in [-0.2, 0) is 20.7 Å². The van der Waals surface area contributed by atoms with Gasteiger partial charge in [-0.25, -0.2) is 4.79 Å². The quantitative estimate of drug-likeness (QED) is 0.689. The minimum absolute atomic E-state index is 0.0657. The standard InChI is InChI=1S/C25H33N3O4/c1-25(2,3)32-24(31)28-15-13-21(28)23(30)26-19(16-17-8-9-17)10-11-22(29)27-14-12-18-6-4-5-7-20(18)27/h4-7,10-11,17,19,21H,8-9,12-16H2,1-3H3,(H,26,30)/t19-,21+/m1/s1. The molecule has 1 aromatic rings. The first kappa shape index (κ1) is 22.4. The van der Waals surface area contributed by atoms with E-state index in [-0.39, 0.29) is 17.9 Å². The van der Waals surface area contributed by atoms with E-state index in [2.05, 4.69) is 11.4 Å². The number of carbonyl (C=O) groups excluding carboxylic acids is 3. The fourth-order valence-electron chi connectivity index (χ4n) is 4.23. The zero-order valence-electron chi connectivity index (χ0n) is 19.2. The van der Waals surface area contributed by atoms with E-state index in [4.69, 9.17) is 4.74 Å². The van der Waals surface area contributed by atoms with Gasteiger partial charge in [-0.15, -0.1) is 0 Å². The molecule has 1 aliphatic carbocycles. The lowest BCUT2D eigenvalue weighted by Gasteiger charge is -2.40. The first-order valence-electron chi connectivity index (χ1n) is 11.6. The molecule has 32 heavy (non-hydrogen) atoms. The Bertz CT molecular complexity index is 916. The lowest BCUT2D eigenvalue weighted by molar-refractivity contribution is -0.131. The van der Waals surface area contributed by atoms with Crippen molar-refractivity contribution in [1.29, 1.82) is 0 Å². The van der Waals surface area contributed by atoms with Gasteiger partial charge < -0.3 is 15.0 Å². The van der Waals surface area contributed by atoms with Crippen LogP contribution in [0.5, 0.6) is 0 Å². The van der Waals surface area contributed by atoms with Crippen molar-refractivity contribution in [3.63, 3.8) is 0 Å². The number of nitrogens with one attached hydrogen (secondary N) is 1. The van der Waals surface area contributed by atoms with Gasteiger partial charge in [-0.3, -0.25) is 14.5 Å². The number of anilines is 1. The average molecular weight is 440 g/mol. The summed E-state index contributed by atoms with van der Waals surface area (Å²) >= 11 is 0. The smallest absolute Gasteiger partial charge is 0.410 e. The zero-order chi connectivity index (χ0) is 22.9. The van der Waals surface area contributed by atoms with E-state index in [0.717, 1.165) is 31.4 Å². The topological polar surface area (TPSA) is 79.0 Å². The Balaban J connectivity index is 1.37. The minimum Gasteiger partial charge on any atom is -0.444 e. The molecule has 2 heterocycles. The molecule has 1 N–H and O–H groups in total. The first-order valence-corrected chi connectivity index (χ1v) is 11.6. The monoisotopic (exact) mass is 439 g/mol. The molecule has 0 radical (unpaired) electrons. The number of benzene rings is 1. The third kappa shape index (κ3) is 5.31. The Labute approximate surface area is 189 Å².